The van der Waals surface area contributed by atoms with Crippen molar-refractivity contribution in [2.45, 2.75) is 56.9 Å². The van der Waals surface area contributed by atoms with Crippen molar-refractivity contribution in [3.8, 4) is 0 Å². The second kappa shape index (κ2) is 4.34. The molecule has 3 nitrogen and oxygen atoms in total. The fraction of sp³-hybridized carbons (Fsp3) is 0.812. The van der Waals surface area contributed by atoms with Gasteiger partial charge in [0.15, 0.2) is 0 Å². The maximum absolute atomic E-state index is 5.67. The topological polar surface area (TPSA) is 43.8 Å². The van der Waals surface area contributed by atoms with Gasteiger partial charge in [0.1, 0.15) is 0 Å². The molecular weight excluding hydrogens is 234 g/mol. The van der Waals surface area contributed by atoms with Crippen molar-refractivity contribution in [1.82, 2.24) is 9.55 Å². The Labute approximate surface area is 115 Å². The number of hydrogen-bond donors (Lipinski definition) is 1. The minimum Gasteiger partial charge on any atom is -0.330 e. The molecule has 4 aliphatic rings. The quantitative estimate of drug-likeness (QED) is 0.903. The van der Waals surface area contributed by atoms with Gasteiger partial charge in [0.25, 0.3) is 0 Å². The van der Waals surface area contributed by atoms with Crippen molar-refractivity contribution >= 4 is 0 Å². The third-order valence-corrected chi connectivity index (χ3v) is 5.87. The van der Waals surface area contributed by atoms with Crippen LogP contribution in [0.4, 0.5) is 0 Å². The van der Waals surface area contributed by atoms with E-state index in [-0.39, 0.29) is 0 Å². The minimum absolute atomic E-state index is 0.426. The Bertz CT molecular complexity index is 427. The molecule has 0 saturated heterocycles. The number of nitrogens with zero attached hydrogens (tertiary/aromatic N) is 2. The standard InChI is InChI=1S/C16H25N3/c17-3-1-2-15-10-18-11-19(15)16-7-12-4-13(8-16)6-14(5-12)9-16/h10-14H,1-9,17H2. The lowest BCUT2D eigenvalue weighted by Gasteiger charge is -2.57. The largest absolute Gasteiger partial charge is 0.330 e. The highest BCUT2D eigenvalue weighted by molar-refractivity contribution is 5.11. The Morgan fingerprint density at radius 2 is 1.79 bits per heavy atom. The van der Waals surface area contributed by atoms with Gasteiger partial charge in [0.05, 0.1) is 6.33 Å². The summed E-state index contributed by atoms with van der Waals surface area (Å²) in [6, 6.07) is 0. The van der Waals surface area contributed by atoms with Crippen molar-refractivity contribution in [2.75, 3.05) is 6.54 Å². The van der Waals surface area contributed by atoms with Crippen LogP contribution in [0.1, 0.15) is 50.6 Å². The molecule has 4 bridgehead atoms. The zero-order chi connectivity index (χ0) is 12.9. The molecule has 1 aromatic heterocycles. The third kappa shape index (κ3) is 1.85. The first-order valence-corrected chi connectivity index (χ1v) is 8.01. The molecule has 0 unspecified atom stereocenters. The van der Waals surface area contributed by atoms with E-state index in [4.69, 9.17) is 5.73 Å². The van der Waals surface area contributed by atoms with Crippen molar-refractivity contribution in [3.05, 3.63) is 18.2 Å². The summed E-state index contributed by atoms with van der Waals surface area (Å²) >= 11 is 0. The van der Waals surface area contributed by atoms with E-state index >= 15 is 0 Å². The molecular formula is C16H25N3. The first kappa shape index (κ1) is 12.0. The highest BCUT2D eigenvalue weighted by atomic mass is 15.1. The monoisotopic (exact) mass is 259 g/mol. The lowest BCUT2D eigenvalue weighted by molar-refractivity contribution is -0.0443. The van der Waals surface area contributed by atoms with E-state index in [1.807, 2.05) is 0 Å². The van der Waals surface area contributed by atoms with Crippen LogP contribution in [0.2, 0.25) is 0 Å². The summed E-state index contributed by atoms with van der Waals surface area (Å²) in [5, 5.41) is 0. The number of rotatable bonds is 4. The summed E-state index contributed by atoms with van der Waals surface area (Å²) in [5.74, 6) is 2.99. The third-order valence-electron chi connectivity index (χ3n) is 5.87. The first-order valence-electron chi connectivity index (χ1n) is 8.01. The van der Waals surface area contributed by atoms with Crippen LogP contribution in [0.3, 0.4) is 0 Å². The molecule has 3 heteroatoms. The van der Waals surface area contributed by atoms with Gasteiger partial charge in [0.2, 0.25) is 0 Å². The van der Waals surface area contributed by atoms with Crippen molar-refractivity contribution < 1.29 is 0 Å². The lowest BCUT2D eigenvalue weighted by atomic mass is 9.53. The van der Waals surface area contributed by atoms with Gasteiger partial charge in [-0.15, -0.1) is 0 Å². The van der Waals surface area contributed by atoms with E-state index in [2.05, 4.69) is 22.1 Å². The van der Waals surface area contributed by atoms with E-state index in [0.29, 0.717) is 5.54 Å². The van der Waals surface area contributed by atoms with Gasteiger partial charge in [0, 0.05) is 17.4 Å². The van der Waals surface area contributed by atoms with E-state index in [1.165, 1.54) is 44.2 Å². The summed E-state index contributed by atoms with van der Waals surface area (Å²) in [7, 11) is 0. The molecule has 0 aliphatic heterocycles. The Hall–Kier alpha value is -0.830. The number of aromatic nitrogens is 2. The SMILES string of the molecule is NCCCc1cncn1C12CC3CC(CC(C3)C1)C2. The van der Waals surface area contributed by atoms with Crippen LogP contribution < -0.4 is 5.73 Å². The normalized spacial score (nSPS) is 39.9. The summed E-state index contributed by atoms with van der Waals surface area (Å²) in [6.07, 6.45) is 15.1. The molecule has 4 fully saturated rings. The summed E-state index contributed by atoms with van der Waals surface area (Å²) in [4.78, 5) is 4.45. The van der Waals surface area contributed by atoms with Crippen LogP contribution in [0.5, 0.6) is 0 Å². The molecule has 4 aliphatic carbocycles. The van der Waals surface area contributed by atoms with Gasteiger partial charge < -0.3 is 10.3 Å². The zero-order valence-corrected chi connectivity index (χ0v) is 11.7. The molecule has 2 N–H and O–H groups in total. The predicted octanol–water partition coefficient (Wildman–Crippen LogP) is 2.70. The summed E-state index contributed by atoms with van der Waals surface area (Å²) in [6.45, 7) is 0.784. The van der Waals surface area contributed by atoms with Gasteiger partial charge in [-0.2, -0.15) is 0 Å². The molecule has 0 radical (unpaired) electrons. The Morgan fingerprint density at radius 3 is 2.37 bits per heavy atom. The first-order chi connectivity index (χ1) is 9.29. The smallest absolute Gasteiger partial charge is 0.0953 e. The molecule has 0 spiro atoms. The summed E-state index contributed by atoms with van der Waals surface area (Å²) < 4.78 is 2.56. The molecule has 1 aromatic rings. The molecule has 0 amide bonds. The van der Waals surface area contributed by atoms with Crippen LogP contribution in [0.15, 0.2) is 12.5 Å². The minimum atomic E-state index is 0.426. The van der Waals surface area contributed by atoms with Crippen molar-refractivity contribution in [1.29, 1.82) is 0 Å². The average molecular weight is 259 g/mol. The maximum atomic E-state index is 5.67. The van der Waals surface area contributed by atoms with Crippen molar-refractivity contribution in [2.24, 2.45) is 23.5 Å². The molecule has 104 valence electrons. The Morgan fingerprint density at radius 1 is 1.16 bits per heavy atom. The summed E-state index contributed by atoms with van der Waals surface area (Å²) in [5.41, 5.74) is 7.52. The predicted molar refractivity (Wildman–Crippen MR) is 75.7 cm³/mol. The van der Waals surface area contributed by atoms with Crippen LogP contribution in [0.25, 0.3) is 0 Å². The molecule has 5 rings (SSSR count). The second-order valence-corrected chi connectivity index (χ2v) is 7.29. The maximum Gasteiger partial charge on any atom is 0.0953 e. The van der Waals surface area contributed by atoms with Gasteiger partial charge in [-0.3, -0.25) is 0 Å². The van der Waals surface area contributed by atoms with E-state index in [9.17, 15) is 0 Å². The molecule has 1 heterocycles. The average Bonchev–Trinajstić information content (AvgIpc) is 2.83. The molecule has 4 saturated carbocycles. The van der Waals surface area contributed by atoms with Crippen molar-refractivity contribution in [3.63, 3.8) is 0 Å². The Balaban J connectivity index is 1.66. The van der Waals surface area contributed by atoms with Gasteiger partial charge >= 0.3 is 0 Å². The molecule has 19 heavy (non-hydrogen) atoms. The molecule has 0 atom stereocenters. The second-order valence-electron chi connectivity index (χ2n) is 7.29. The number of aryl methyl sites for hydroxylation is 1. The highest BCUT2D eigenvalue weighted by Gasteiger charge is 2.52. The Kier molecular flexibility index (Phi) is 2.73. The number of imidazole rings is 1. The van der Waals surface area contributed by atoms with E-state index in [0.717, 1.165) is 37.1 Å². The zero-order valence-electron chi connectivity index (χ0n) is 11.7. The van der Waals surface area contributed by atoms with Gasteiger partial charge in [-0.05, 0) is 75.7 Å². The molecule has 0 aromatic carbocycles. The van der Waals surface area contributed by atoms with Gasteiger partial charge in [-0.25, -0.2) is 4.98 Å². The van der Waals surface area contributed by atoms with Crippen LogP contribution in [-0.4, -0.2) is 16.1 Å². The van der Waals surface area contributed by atoms with E-state index < -0.39 is 0 Å². The number of hydrogen-bond acceptors (Lipinski definition) is 2. The number of nitrogens with two attached hydrogens (primary N) is 1. The fourth-order valence-corrected chi connectivity index (χ4v) is 5.58. The van der Waals surface area contributed by atoms with Crippen LogP contribution in [0, 0.1) is 17.8 Å². The van der Waals surface area contributed by atoms with Gasteiger partial charge in [-0.1, -0.05) is 0 Å². The van der Waals surface area contributed by atoms with Crippen LogP contribution >= 0.6 is 0 Å². The highest BCUT2D eigenvalue weighted by Crippen LogP contribution is 2.59. The lowest BCUT2D eigenvalue weighted by Crippen LogP contribution is -2.52. The fourth-order valence-electron chi connectivity index (χ4n) is 5.58. The van der Waals surface area contributed by atoms with Crippen LogP contribution in [-0.2, 0) is 12.0 Å². The van der Waals surface area contributed by atoms with E-state index in [1.54, 1.807) is 0 Å².